The highest BCUT2D eigenvalue weighted by Gasteiger charge is 2.46. The molecule has 0 amide bonds. The summed E-state index contributed by atoms with van der Waals surface area (Å²) in [4.78, 5) is 2.09. The molecule has 0 saturated carbocycles. The number of fused-ring (bicyclic) bond motifs is 1. The third-order valence-electron chi connectivity index (χ3n) is 4.36. The lowest BCUT2D eigenvalue weighted by molar-refractivity contribution is -0.0843. The molecule has 2 N–H and O–H groups in total. The van der Waals surface area contributed by atoms with Crippen molar-refractivity contribution in [3.05, 3.63) is 28.8 Å². The first-order chi connectivity index (χ1) is 9.81. The van der Waals surface area contributed by atoms with Crippen molar-refractivity contribution >= 4 is 0 Å². The van der Waals surface area contributed by atoms with Gasteiger partial charge >= 0.3 is 0 Å². The zero-order valence-electron chi connectivity index (χ0n) is 13.7. The average Bonchev–Trinajstić information content (AvgIpc) is 2.35. The zero-order chi connectivity index (χ0) is 15.8. The van der Waals surface area contributed by atoms with Gasteiger partial charge in [-0.2, -0.15) is 0 Å². The van der Waals surface area contributed by atoms with Gasteiger partial charge in [-0.25, -0.2) is 0 Å². The molecule has 1 heterocycles. The summed E-state index contributed by atoms with van der Waals surface area (Å²) in [6.07, 6.45) is -0.615. The minimum Gasteiger partial charge on any atom is -0.486 e. The van der Waals surface area contributed by atoms with E-state index in [1.807, 2.05) is 40.7 Å². The smallest absolute Gasteiger partial charge is 0.126 e. The van der Waals surface area contributed by atoms with Gasteiger partial charge in [-0.05, 0) is 51.4 Å². The standard InChI is InChI=1S/C17H27NO3/c1-6-18(7-8-19)16-15(20)14-12(3)9-11(2)10-13(14)21-17(16,4)5/h9-10,15-16,19-20H,6-8H2,1-5H3. The summed E-state index contributed by atoms with van der Waals surface area (Å²) in [6.45, 7) is 11.5. The number of benzene rings is 1. The fraction of sp³-hybridized carbons (Fsp3) is 0.647. The van der Waals surface area contributed by atoms with Crippen molar-refractivity contribution in [3.8, 4) is 5.75 Å². The van der Waals surface area contributed by atoms with Crippen LogP contribution in [0.5, 0.6) is 5.75 Å². The molecule has 0 aromatic heterocycles. The molecular weight excluding hydrogens is 266 g/mol. The van der Waals surface area contributed by atoms with E-state index in [0.717, 1.165) is 29.0 Å². The van der Waals surface area contributed by atoms with E-state index >= 15 is 0 Å². The number of nitrogens with zero attached hydrogens (tertiary/aromatic N) is 1. The van der Waals surface area contributed by atoms with Gasteiger partial charge in [-0.1, -0.05) is 13.0 Å². The van der Waals surface area contributed by atoms with E-state index in [2.05, 4.69) is 11.0 Å². The summed E-state index contributed by atoms with van der Waals surface area (Å²) in [7, 11) is 0. The summed E-state index contributed by atoms with van der Waals surface area (Å²) >= 11 is 0. The van der Waals surface area contributed by atoms with Crippen LogP contribution in [0.3, 0.4) is 0 Å². The van der Waals surface area contributed by atoms with Crippen LogP contribution in [-0.2, 0) is 0 Å². The average molecular weight is 293 g/mol. The molecule has 2 atom stereocenters. The Labute approximate surface area is 127 Å². The highest BCUT2D eigenvalue weighted by Crippen LogP contribution is 2.43. The predicted octanol–water partition coefficient (Wildman–Crippen LogP) is 2.19. The molecular formula is C17H27NO3. The van der Waals surface area contributed by atoms with E-state index in [4.69, 9.17) is 4.74 Å². The van der Waals surface area contributed by atoms with E-state index in [-0.39, 0.29) is 12.6 Å². The fourth-order valence-electron chi connectivity index (χ4n) is 3.55. The lowest BCUT2D eigenvalue weighted by Crippen LogP contribution is -2.58. The summed E-state index contributed by atoms with van der Waals surface area (Å²) < 4.78 is 6.21. The predicted molar refractivity (Wildman–Crippen MR) is 83.7 cm³/mol. The third kappa shape index (κ3) is 2.93. The normalized spacial score (nSPS) is 23.8. The van der Waals surface area contributed by atoms with Crippen molar-refractivity contribution in [3.63, 3.8) is 0 Å². The van der Waals surface area contributed by atoms with E-state index in [1.165, 1.54) is 0 Å². The molecule has 0 spiro atoms. The summed E-state index contributed by atoms with van der Waals surface area (Å²) in [5.41, 5.74) is 2.55. The largest absolute Gasteiger partial charge is 0.486 e. The van der Waals surface area contributed by atoms with Gasteiger partial charge in [0.15, 0.2) is 0 Å². The van der Waals surface area contributed by atoms with Crippen molar-refractivity contribution in [1.82, 2.24) is 4.90 Å². The molecule has 0 bridgehead atoms. The Hall–Kier alpha value is -1.10. The van der Waals surface area contributed by atoms with Crippen LogP contribution in [0.1, 0.15) is 43.6 Å². The van der Waals surface area contributed by atoms with E-state index in [9.17, 15) is 10.2 Å². The number of rotatable bonds is 4. The Morgan fingerprint density at radius 2 is 1.95 bits per heavy atom. The summed E-state index contributed by atoms with van der Waals surface area (Å²) in [5.74, 6) is 0.779. The number of hydrogen-bond donors (Lipinski definition) is 2. The molecule has 0 radical (unpaired) electrons. The van der Waals surface area contributed by atoms with Crippen molar-refractivity contribution in [2.75, 3.05) is 19.7 Å². The van der Waals surface area contributed by atoms with Crippen molar-refractivity contribution in [2.45, 2.75) is 52.4 Å². The van der Waals surface area contributed by atoms with E-state index in [0.29, 0.717) is 6.54 Å². The molecule has 1 aromatic rings. The van der Waals surface area contributed by atoms with Crippen LogP contribution in [0.25, 0.3) is 0 Å². The molecule has 2 unspecified atom stereocenters. The van der Waals surface area contributed by atoms with Crippen LogP contribution in [0.15, 0.2) is 12.1 Å². The van der Waals surface area contributed by atoms with Gasteiger partial charge in [0.1, 0.15) is 17.5 Å². The number of aliphatic hydroxyl groups is 2. The summed E-state index contributed by atoms with van der Waals surface area (Å²) in [5, 5.41) is 20.2. The lowest BCUT2D eigenvalue weighted by Gasteiger charge is -2.48. The van der Waals surface area contributed by atoms with Crippen LogP contribution >= 0.6 is 0 Å². The van der Waals surface area contributed by atoms with E-state index in [1.54, 1.807) is 0 Å². The Balaban J connectivity index is 2.49. The van der Waals surface area contributed by atoms with Crippen molar-refractivity contribution in [1.29, 1.82) is 0 Å². The molecule has 0 aliphatic carbocycles. The molecule has 21 heavy (non-hydrogen) atoms. The highest BCUT2D eigenvalue weighted by molar-refractivity contribution is 5.47. The fourth-order valence-corrected chi connectivity index (χ4v) is 3.55. The molecule has 1 aliphatic rings. The number of aryl methyl sites for hydroxylation is 2. The molecule has 0 saturated heterocycles. The van der Waals surface area contributed by atoms with Crippen LogP contribution < -0.4 is 4.74 Å². The van der Waals surface area contributed by atoms with Crippen LogP contribution in [0.4, 0.5) is 0 Å². The molecule has 1 aromatic carbocycles. The second-order valence-corrected chi connectivity index (χ2v) is 6.44. The topological polar surface area (TPSA) is 52.9 Å². The van der Waals surface area contributed by atoms with Crippen LogP contribution in [0, 0.1) is 13.8 Å². The number of aliphatic hydroxyl groups excluding tert-OH is 2. The quantitative estimate of drug-likeness (QED) is 0.893. The molecule has 2 rings (SSSR count). The molecule has 0 fully saturated rings. The van der Waals surface area contributed by atoms with Crippen molar-refractivity contribution in [2.24, 2.45) is 0 Å². The minimum atomic E-state index is -0.615. The summed E-state index contributed by atoms with van der Waals surface area (Å²) in [6, 6.07) is 3.89. The Kier molecular flexibility index (Phi) is 4.61. The molecule has 4 nitrogen and oxygen atoms in total. The van der Waals surface area contributed by atoms with Gasteiger partial charge in [-0.3, -0.25) is 4.90 Å². The van der Waals surface area contributed by atoms with Gasteiger partial charge in [0.05, 0.1) is 12.6 Å². The first-order valence-electron chi connectivity index (χ1n) is 7.65. The molecule has 1 aliphatic heterocycles. The maximum atomic E-state index is 11.0. The van der Waals surface area contributed by atoms with Crippen LogP contribution in [0.2, 0.25) is 0 Å². The van der Waals surface area contributed by atoms with Gasteiger partial charge < -0.3 is 14.9 Å². The number of ether oxygens (including phenoxy) is 1. The minimum absolute atomic E-state index is 0.0763. The number of likely N-dealkylation sites (N-methyl/N-ethyl adjacent to an activating group) is 1. The lowest BCUT2D eigenvalue weighted by atomic mass is 9.83. The monoisotopic (exact) mass is 293 g/mol. The first-order valence-corrected chi connectivity index (χ1v) is 7.65. The maximum Gasteiger partial charge on any atom is 0.126 e. The SMILES string of the molecule is CCN(CCO)C1C(O)c2c(C)cc(C)cc2OC1(C)C. The van der Waals surface area contributed by atoms with Gasteiger partial charge in [0.2, 0.25) is 0 Å². The van der Waals surface area contributed by atoms with Gasteiger partial charge in [0, 0.05) is 12.1 Å². The Morgan fingerprint density at radius 3 is 2.52 bits per heavy atom. The van der Waals surface area contributed by atoms with E-state index < -0.39 is 11.7 Å². The van der Waals surface area contributed by atoms with Gasteiger partial charge in [0.25, 0.3) is 0 Å². The maximum absolute atomic E-state index is 11.0. The number of hydrogen-bond acceptors (Lipinski definition) is 4. The molecule has 118 valence electrons. The Morgan fingerprint density at radius 1 is 1.29 bits per heavy atom. The Bertz CT molecular complexity index is 513. The second kappa shape index (κ2) is 5.95. The van der Waals surface area contributed by atoms with Crippen molar-refractivity contribution < 1.29 is 14.9 Å². The second-order valence-electron chi connectivity index (χ2n) is 6.44. The zero-order valence-corrected chi connectivity index (χ0v) is 13.7. The molecule has 4 heteroatoms. The highest BCUT2D eigenvalue weighted by atomic mass is 16.5. The van der Waals surface area contributed by atoms with Gasteiger partial charge in [-0.15, -0.1) is 0 Å². The third-order valence-corrected chi connectivity index (χ3v) is 4.36. The van der Waals surface area contributed by atoms with Crippen LogP contribution in [-0.4, -0.2) is 46.5 Å². The first kappa shape index (κ1) is 16.3.